The van der Waals surface area contributed by atoms with Crippen LogP contribution in [-0.2, 0) is 9.59 Å². The first-order chi connectivity index (χ1) is 11.5. The Morgan fingerprint density at radius 3 is 1.64 bits per heavy atom. The molecule has 1 aliphatic carbocycles. The highest BCUT2D eigenvalue weighted by atomic mass is 16.4. The molecule has 146 valence electrons. The zero-order valence-electron chi connectivity index (χ0n) is 17.0. The van der Waals surface area contributed by atoms with Gasteiger partial charge in [-0.25, -0.2) is 0 Å². The van der Waals surface area contributed by atoms with E-state index in [1.807, 2.05) is 0 Å². The Balaban J connectivity index is 3.61. The molecule has 0 heterocycles. The van der Waals surface area contributed by atoms with Gasteiger partial charge in [-0.2, -0.15) is 0 Å². The van der Waals surface area contributed by atoms with E-state index in [9.17, 15) is 19.8 Å². The molecule has 0 aromatic rings. The van der Waals surface area contributed by atoms with Crippen LogP contribution in [-0.4, -0.2) is 22.2 Å². The summed E-state index contributed by atoms with van der Waals surface area (Å²) in [5.74, 6) is -1.59. The second kappa shape index (κ2) is 8.55. The Bertz CT molecular complexity index is 469. The molecule has 0 aliphatic heterocycles. The number of aliphatic carboxylic acids is 2. The maximum absolute atomic E-state index is 12.3. The van der Waals surface area contributed by atoms with Crippen molar-refractivity contribution in [1.29, 1.82) is 0 Å². The van der Waals surface area contributed by atoms with Gasteiger partial charge in [-0.15, -0.1) is 0 Å². The molecule has 1 aliphatic rings. The summed E-state index contributed by atoms with van der Waals surface area (Å²) in [6.07, 6.45) is 5.46. The van der Waals surface area contributed by atoms with Crippen LogP contribution in [0.2, 0.25) is 0 Å². The van der Waals surface area contributed by atoms with E-state index in [0.29, 0.717) is 17.8 Å². The average Bonchev–Trinajstić information content (AvgIpc) is 2.45. The first kappa shape index (κ1) is 22.0. The molecule has 3 atom stereocenters. The molecular formula is C21H38O4. The van der Waals surface area contributed by atoms with Crippen molar-refractivity contribution in [3.8, 4) is 0 Å². The monoisotopic (exact) mass is 354 g/mol. The highest BCUT2D eigenvalue weighted by Gasteiger charge is 2.59. The van der Waals surface area contributed by atoms with Crippen LogP contribution in [0.4, 0.5) is 0 Å². The first-order valence-corrected chi connectivity index (χ1v) is 9.93. The molecular weight excluding hydrogens is 316 g/mol. The summed E-state index contributed by atoms with van der Waals surface area (Å²) < 4.78 is 0. The molecule has 1 rings (SSSR count). The van der Waals surface area contributed by atoms with Gasteiger partial charge in [-0.05, 0) is 54.3 Å². The number of carbonyl (C=O) groups is 2. The SMILES string of the molecule is CC(C)CC1(C(C)C)CCCCC1(CC(C)C)C(CC(=O)O)C(=O)O. The number of carboxylic acids is 2. The molecule has 25 heavy (non-hydrogen) atoms. The maximum Gasteiger partial charge on any atom is 0.307 e. The van der Waals surface area contributed by atoms with Gasteiger partial charge in [0.1, 0.15) is 0 Å². The third-order valence-electron chi connectivity index (χ3n) is 6.48. The Morgan fingerprint density at radius 1 is 0.840 bits per heavy atom. The Morgan fingerprint density at radius 2 is 1.28 bits per heavy atom. The number of hydrogen-bond donors (Lipinski definition) is 2. The Labute approximate surface area is 153 Å². The van der Waals surface area contributed by atoms with Gasteiger partial charge in [0.15, 0.2) is 0 Å². The molecule has 4 heteroatoms. The van der Waals surface area contributed by atoms with E-state index in [0.717, 1.165) is 38.5 Å². The van der Waals surface area contributed by atoms with E-state index in [1.54, 1.807) is 0 Å². The molecule has 0 amide bonds. The highest BCUT2D eigenvalue weighted by Crippen LogP contribution is 2.64. The summed E-state index contributed by atoms with van der Waals surface area (Å²) in [6, 6.07) is 0. The minimum absolute atomic E-state index is 0.109. The Hall–Kier alpha value is -1.06. The molecule has 0 aromatic heterocycles. The van der Waals surface area contributed by atoms with Crippen molar-refractivity contribution in [2.75, 3.05) is 0 Å². The summed E-state index contributed by atoms with van der Waals surface area (Å²) in [5, 5.41) is 19.5. The van der Waals surface area contributed by atoms with Crippen LogP contribution in [0.3, 0.4) is 0 Å². The fraction of sp³-hybridized carbons (Fsp3) is 0.905. The van der Waals surface area contributed by atoms with Crippen molar-refractivity contribution in [1.82, 2.24) is 0 Å². The lowest BCUT2D eigenvalue weighted by Crippen LogP contribution is -2.56. The Kier molecular flexibility index (Phi) is 7.52. The average molecular weight is 355 g/mol. The molecule has 3 unspecified atom stereocenters. The molecule has 1 fully saturated rings. The third-order valence-corrected chi connectivity index (χ3v) is 6.48. The van der Waals surface area contributed by atoms with Crippen molar-refractivity contribution in [2.45, 2.75) is 86.5 Å². The van der Waals surface area contributed by atoms with Crippen LogP contribution in [0.15, 0.2) is 0 Å². The standard InChI is InChI=1S/C21H38O4/c1-14(2)12-20(16(5)6)9-7-8-10-21(20,13-15(3)4)17(19(24)25)11-18(22)23/h14-17H,7-13H2,1-6H3,(H,22,23)(H,24,25). The van der Waals surface area contributed by atoms with Gasteiger partial charge in [0.05, 0.1) is 12.3 Å². The lowest BCUT2D eigenvalue weighted by Gasteiger charge is -2.60. The predicted molar refractivity (Wildman–Crippen MR) is 100 cm³/mol. The number of rotatable bonds is 9. The smallest absolute Gasteiger partial charge is 0.307 e. The van der Waals surface area contributed by atoms with E-state index in [1.165, 1.54) is 0 Å². The first-order valence-electron chi connectivity index (χ1n) is 9.93. The number of hydrogen-bond acceptors (Lipinski definition) is 2. The van der Waals surface area contributed by atoms with E-state index in [-0.39, 0.29) is 11.8 Å². The number of carboxylic acid groups (broad SMARTS) is 2. The minimum Gasteiger partial charge on any atom is -0.481 e. The molecule has 0 radical (unpaired) electrons. The molecule has 4 nitrogen and oxygen atoms in total. The largest absolute Gasteiger partial charge is 0.481 e. The summed E-state index contributed by atoms with van der Waals surface area (Å²) in [7, 11) is 0. The van der Waals surface area contributed by atoms with Crippen LogP contribution in [0.1, 0.15) is 86.5 Å². The van der Waals surface area contributed by atoms with E-state index < -0.39 is 23.3 Å². The van der Waals surface area contributed by atoms with Gasteiger partial charge in [-0.3, -0.25) is 9.59 Å². The quantitative estimate of drug-likeness (QED) is 0.577. The fourth-order valence-corrected chi connectivity index (χ4v) is 5.90. The van der Waals surface area contributed by atoms with Gasteiger partial charge < -0.3 is 10.2 Å². The van der Waals surface area contributed by atoms with E-state index in [4.69, 9.17) is 0 Å². The second-order valence-corrected chi connectivity index (χ2v) is 9.36. The summed E-state index contributed by atoms with van der Waals surface area (Å²) in [5.41, 5.74) is -0.551. The van der Waals surface area contributed by atoms with Gasteiger partial charge >= 0.3 is 11.9 Å². The maximum atomic E-state index is 12.3. The van der Waals surface area contributed by atoms with Crippen molar-refractivity contribution >= 4 is 11.9 Å². The van der Waals surface area contributed by atoms with Gasteiger partial charge in [0.25, 0.3) is 0 Å². The zero-order chi connectivity index (χ0) is 19.4. The van der Waals surface area contributed by atoms with Crippen LogP contribution in [0, 0.1) is 34.5 Å². The summed E-state index contributed by atoms with van der Waals surface area (Å²) >= 11 is 0. The van der Waals surface area contributed by atoms with Gasteiger partial charge in [0, 0.05) is 0 Å². The van der Waals surface area contributed by atoms with Gasteiger partial charge in [0.2, 0.25) is 0 Å². The molecule has 0 saturated heterocycles. The lowest BCUT2D eigenvalue weighted by molar-refractivity contribution is -0.173. The van der Waals surface area contributed by atoms with E-state index >= 15 is 0 Å². The van der Waals surface area contributed by atoms with Crippen LogP contribution in [0.25, 0.3) is 0 Å². The van der Waals surface area contributed by atoms with Crippen molar-refractivity contribution in [3.63, 3.8) is 0 Å². The molecule has 0 aromatic carbocycles. The topological polar surface area (TPSA) is 74.6 Å². The fourth-order valence-electron chi connectivity index (χ4n) is 5.90. The summed E-state index contributed by atoms with van der Waals surface area (Å²) in [6.45, 7) is 13.1. The summed E-state index contributed by atoms with van der Waals surface area (Å²) in [4.78, 5) is 23.8. The second-order valence-electron chi connectivity index (χ2n) is 9.36. The van der Waals surface area contributed by atoms with Crippen LogP contribution < -0.4 is 0 Å². The lowest BCUT2D eigenvalue weighted by atomic mass is 9.43. The highest BCUT2D eigenvalue weighted by molar-refractivity contribution is 5.78. The predicted octanol–water partition coefficient (Wildman–Crippen LogP) is 5.46. The third kappa shape index (κ3) is 4.57. The minimum atomic E-state index is -0.997. The van der Waals surface area contributed by atoms with Crippen molar-refractivity contribution in [3.05, 3.63) is 0 Å². The normalized spacial score (nSPS) is 28.5. The van der Waals surface area contributed by atoms with E-state index in [2.05, 4.69) is 41.5 Å². The van der Waals surface area contributed by atoms with Gasteiger partial charge in [-0.1, -0.05) is 54.4 Å². The van der Waals surface area contributed by atoms with Crippen molar-refractivity contribution < 1.29 is 19.8 Å². The molecule has 0 bridgehead atoms. The van der Waals surface area contributed by atoms with Crippen LogP contribution in [0.5, 0.6) is 0 Å². The zero-order valence-corrected chi connectivity index (χ0v) is 17.0. The van der Waals surface area contributed by atoms with Crippen molar-refractivity contribution in [2.24, 2.45) is 34.5 Å². The molecule has 1 saturated carbocycles. The molecule has 0 spiro atoms. The molecule has 2 N–H and O–H groups in total. The van der Waals surface area contributed by atoms with Crippen LogP contribution >= 0.6 is 0 Å².